The maximum absolute atomic E-state index is 12.1. The minimum absolute atomic E-state index is 0.0328. The van der Waals surface area contributed by atoms with Crippen molar-refractivity contribution < 1.29 is 4.79 Å². The fourth-order valence-corrected chi connectivity index (χ4v) is 2.44. The molecule has 1 aromatic heterocycles. The Morgan fingerprint density at radius 3 is 2.57 bits per heavy atom. The van der Waals surface area contributed by atoms with Crippen LogP contribution in [0.2, 0.25) is 0 Å². The van der Waals surface area contributed by atoms with Gasteiger partial charge in [-0.1, -0.05) is 28.1 Å². The van der Waals surface area contributed by atoms with Gasteiger partial charge in [0.2, 0.25) is 0 Å². The summed E-state index contributed by atoms with van der Waals surface area (Å²) in [7, 11) is 1.94. The second-order valence-electron chi connectivity index (χ2n) is 4.72. The molecular formula is C17H13BrN2O. The number of nitrogens with zero attached hydrogens (tertiary/aromatic N) is 2. The van der Waals surface area contributed by atoms with Gasteiger partial charge in [-0.2, -0.15) is 0 Å². The first kappa shape index (κ1) is 13.8. The number of para-hydroxylation sites is 2. The molecular weight excluding hydrogens is 328 g/mol. The molecule has 0 saturated carbocycles. The van der Waals surface area contributed by atoms with Gasteiger partial charge in [0.05, 0.1) is 11.0 Å². The van der Waals surface area contributed by atoms with E-state index in [1.807, 2.05) is 48.0 Å². The van der Waals surface area contributed by atoms with Crippen molar-refractivity contribution in [3.05, 3.63) is 70.5 Å². The van der Waals surface area contributed by atoms with Crippen LogP contribution in [-0.4, -0.2) is 15.3 Å². The van der Waals surface area contributed by atoms with E-state index in [4.69, 9.17) is 0 Å². The number of halogens is 1. The Bertz CT molecular complexity index is 832. The molecule has 1 heterocycles. The molecule has 0 atom stereocenters. The first-order valence-electron chi connectivity index (χ1n) is 6.54. The zero-order chi connectivity index (χ0) is 14.8. The highest BCUT2D eigenvalue weighted by molar-refractivity contribution is 9.10. The van der Waals surface area contributed by atoms with Crippen molar-refractivity contribution >= 4 is 38.8 Å². The summed E-state index contributed by atoms with van der Waals surface area (Å²) in [5.41, 5.74) is 2.64. The van der Waals surface area contributed by atoms with Gasteiger partial charge in [-0.15, -0.1) is 0 Å². The average molecular weight is 341 g/mol. The van der Waals surface area contributed by atoms with Gasteiger partial charge < -0.3 is 4.57 Å². The molecule has 0 radical (unpaired) electrons. The minimum atomic E-state index is -0.0328. The first-order valence-corrected chi connectivity index (χ1v) is 7.34. The van der Waals surface area contributed by atoms with Crippen LogP contribution >= 0.6 is 15.9 Å². The summed E-state index contributed by atoms with van der Waals surface area (Å²) in [6.45, 7) is 0. The third-order valence-electron chi connectivity index (χ3n) is 3.33. The Kier molecular flexibility index (Phi) is 3.71. The first-order chi connectivity index (χ1) is 10.1. The van der Waals surface area contributed by atoms with E-state index in [-0.39, 0.29) is 5.78 Å². The predicted octanol–water partition coefficient (Wildman–Crippen LogP) is 4.23. The van der Waals surface area contributed by atoms with Gasteiger partial charge in [0.15, 0.2) is 5.78 Å². The molecule has 0 aliphatic rings. The molecule has 0 spiro atoms. The van der Waals surface area contributed by atoms with E-state index in [0.717, 1.165) is 21.3 Å². The van der Waals surface area contributed by atoms with Gasteiger partial charge in [-0.05, 0) is 48.6 Å². The van der Waals surface area contributed by atoms with Gasteiger partial charge in [0.1, 0.15) is 5.82 Å². The van der Waals surface area contributed by atoms with Gasteiger partial charge in [0, 0.05) is 17.1 Å². The Balaban J connectivity index is 1.89. The zero-order valence-electron chi connectivity index (χ0n) is 11.5. The van der Waals surface area contributed by atoms with Crippen molar-refractivity contribution in [1.29, 1.82) is 0 Å². The molecule has 0 fully saturated rings. The average Bonchev–Trinajstić information content (AvgIpc) is 2.82. The van der Waals surface area contributed by atoms with E-state index in [0.29, 0.717) is 5.56 Å². The van der Waals surface area contributed by atoms with Crippen LogP contribution in [0.15, 0.2) is 59.1 Å². The van der Waals surface area contributed by atoms with E-state index < -0.39 is 0 Å². The molecule has 2 aromatic carbocycles. The van der Waals surface area contributed by atoms with Crippen molar-refractivity contribution in [2.24, 2.45) is 7.05 Å². The number of imidazole rings is 1. The van der Waals surface area contributed by atoms with E-state index >= 15 is 0 Å². The van der Waals surface area contributed by atoms with Crippen LogP contribution in [0.1, 0.15) is 16.2 Å². The van der Waals surface area contributed by atoms with Crippen LogP contribution < -0.4 is 0 Å². The summed E-state index contributed by atoms with van der Waals surface area (Å²) in [5, 5.41) is 0. The second-order valence-corrected chi connectivity index (χ2v) is 5.64. The maximum Gasteiger partial charge on any atom is 0.185 e. The summed E-state index contributed by atoms with van der Waals surface area (Å²) in [6, 6.07) is 15.2. The standard InChI is InChI=1S/C17H13BrN2O/c1-20-15-5-3-2-4-14(15)19-17(20)11-10-16(21)12-6-8-13(18)9-7-12/h2-11H,1H3. The minimum Gasteiger partial charge on any atom is -0.328 e. The highest BCUT2D eigenvalue weighted by Crippen LogP contribution is 2.16. The van der Waals surface area contributed by atoms with E-state index in [9.17, 15) is 4.79 Å². The third-order valence-corrected chi connectivity index (χ3v) is 3.86. The number of benzene rings is 2. The molecule has 0 aliphatic carbocycles. The SMILES string of the molecule is Cn1c(C=CC(=O)c2ccc(Br)cc2)nc2ccccc21. The Morgan fingerprint density at radius 2 is 1.86 bits per heavy atom. The van der Waals surface area contributed by atoms with Gasteiger partial charge in [-0.25, -0.2) is 4.98 Å². The van der Waals surface area contributed by atoms with Crippen LogP contribution in [0.5, 0.6) is 0 Å². The lowest BCUT2D eigenvalue weighted by molar-refractivity contribution is 0.104. The van der Waals surface area contributed by atoms with Crippen molar-refractivity contribution in [1.82, 2.24) is 9.55 Å². The predicted molar refractivity (Wildman–Crippen MR) is 88.2 cm³/mol. The summed E-state index contributed by atoms with van der Waals surface area (Å²) in [6.07, 6.45) is 3.31. The smallest absolute Gasteiger partial charge is 0.185 e. The maximum atomic E-state index is 12.1. The number of fused-ring (bicyclic) bond motifs is 1. The molecule has 3 nitrogen and oxygen atoms in total. The summed E-state index contributed by atoms with van der Waals surface area (Å²) >= 11 is 3.36. The lowest BCUT2D eigenvalue weighted by Crippen LogP contribution is -1.95. The van der Waals surface area contributed by atoms with Crippen molar-refractivity contribution in [3.8, 4) is 0 Å². The molecule has 0 unspecified atom stereocenters. The summed E-state index contributed by atoms with van der Waals surface area (Å²) < 4.78 is 2.93. The normalized spacial score (nSPS) is 11.3. The molecule has 21 heavy (non-hydrogen) atoms. The topological polar surface area (TPSA) is 34.9 Å². The molecule has 0 amide bonds. The number of hydrogen-bond acceptors (Lipinski definition) is 2. The van der Waals surface area contributed by atoms with Gasteiger partial charge >= 0.3 is 0 Å². The molecule has 0 N–H and O–H groups in total. The lowest BCUT2D eigenvalue weighted by atomic mass is 10.1. The number of aryl methyl sites for hydroxylation is 1. The third kappa shape index (κ3) is 2.81. The zero-order valence-corrected chi connectivity index (χ0v) is 13.0. The number of rotatable bonds is 3. The van der Waals surface area contributed by atoms with Crippen molar-refractivity contribution in [2.75, 3.05) is 0 Å². The van der Waals surface area contributed by atoms with Crippen molar-refractivity contribution in [3.63, 3.8) is 0 Å². The molecule has 0 bridgehead atoms. The van der Waals surface area contributed by atoms with Crippen LogP contribution in [0.25, 0.3) is 17.1 Å². The van der Waals surface area contributed by atoms with E-state index in [2.05, 4.69) is 20.9 Å². The highest BCUT2D eigenvalue weighted by Gasteiger charge is 2.05. The monoisotopic (exact) mass is 340 g/mol. The molecule has 0 saturated heterocycles. The number of carbonyl (C=O) groups is 1. The van der Waals surface area contributed by atoms with Crippen molar-refractivity contribution in [2.45, 2.75) is 0 Å². The number of ketones is 1. The molecule has 3 aromatic rings. The summed E-state index contributed by atoms with van der Waals surface area (Å²) in [4.78, 5) is 16.6. The van der Waals surface area contributed by atoms with E-state index in [1.54, 1.807) is 24.3 Å². The second kappa shape index (κ2) is 5.66. The van der Waals surface area contributed by atoms with Crippen LogP contribution in [-0.2, 0) is 7.05 Å². The fraction of sp³-hybridized carbons (Fsp3) is 0.0588. The van der Waals surface area contributed by atoms with Crippen LogP contribution in [0.4, 0.5) is 0 Å². The van der Waals surface area contributed by atoms with Crippen LogP contribution in [0, 0.1) is 0 Å². The summed E-state index contributed by atoms with van der Waals surface area (Å²) in [5.74, 6) is 0.733. The van der Waals surface area contributed by atoms with E-state index in [1.165, 1.54) is 0 Å². The number of carbonyl (C=O) groups excluding carboxylic acids is 1. The quantitative estimate of drug-likeness (QED) is 0.528. The van der Waals surface area contributed by atoms with Gasteiger partial charge in [-0.3, -0.25) is 4.79 Å². The Hall–Kier alpha value is -2.20. The highest BCUT2D eigenvalue weighted by atomic mass is 79.9. The number of allylic oxidation sites excluding steroid dienone is 1. The number of hydrogen-bond donors (Lipinski definition) is 0. The molecule has 104 valence electrons. The Morgan fingerprint density at radius 1 is 1.14 bits per heavy atom. The number of aromatic nitrogens is 2. The molecule has 0 aliphatic heterocycles. The molecule has 3 rings (SSSR count). The van der Waals surface area contributed by atoms with Gasteiger partial charge in [0.25, 0.3) is 0 Å². The van der Waals surface area contributed by atoms with Crippen LogP contribution in [0.3, 0.4) is 0 Å². The Labute approximate surface area is 131 Å². The lowest BCUT2D eigenvalue weighted by Gasteiger charge is -1.97. The molecule has 4 heteroatoms. The largest absolute Gasteiger partial charge is 0.328 e. The fourth-order valence-electron chi connectivity index (χ4n) is 2.17.